The third-order valence-electron chi connectivity index (χ3n) is 5.19. The first-order valence-corrected chi connectivity index (χ1v) is 11.5. The fourth-order valence-corrected chi connectivity index (χ4v) is 3.99. The minimum atomic E-state index is -1.05. The SMILES string of the molecule is COC(c1ccc(C(=O)NC(CCSC)C(=O)O)c(-c2ccccc2C)c1)c1cnco1.[LiH]. The molecule has 3 rings (SSSR count). The number of rotatable bonds is 10. The Morgan fingerprint density at radius 2 is 1.97 bits per heavy atom. The summed E-state index contributed by atoms with van der Waals surface area (Å²) in [6, 6.07) is 12.1. The Morgan fingerprint density at radius 3 is 2.58 bits per heavy atom. The maximum absolute atomic E-state index is 13.2. The molecule has 3 aromatic rings. The average Bonchev–Trinajstić information content (AvgIpc) is 3.31. The van der Waals surface area contributed by atoms with Crippen LogP contribution < -0.4 is 5.32 Å². The van der Waals surface area contributed by atoms with E-state index in [9.17, 15) is 14.7 Å². The van der Waals surface area contributed by atoms with E-state index in [4.69, 9.17) is 9.15 Å². The molecule has 1 amide bonds. The third kappa shape index (κ3) is 6.52. The van der Waals surface area contributed by atoms with Gasteiger partial charge in [-0.1, -0.05) is 30.3 Å². The van der Waals surface area contributed by atoms with E-state index in [1.54, 1.807) is 25.4 Å². The molecule has 0 aliphatic heterocycles. The fraction of sp³-hybridized carbons (Fsp3) is 0.292. The Morgan fingerprint density at radius 1 is 1.21 bits per heavy atom. The van der Waals surface area contributed by atoms with Crippen LogP contribution >= 0.6 is 11.8 Å². The standard InChI is InChI=1S/C24H26N2O5S.Li.H/c1-15-6-4-5-7-17(15)19-12-16(22(30-2)21-13-25-14-31-21)8-9-18(19)23(27)26-20(24(28)29)10-11-32-3;;/h4-9,12-14,20,22H,10-11H2,1-3H3,(H,26,27)(H,28,29);;. The summed E-state index contributed by atoms with van der Waals surface area (Å²) in [4.78, 5) is 28.8. The van der Waals surface area contributed by atoms with E-state index in [2.05, 4.69) is 10.3 Å². The maximum atomic E-state index is 13.2. The summed E-state index contributed by atoms with van der Waals surface area (Å²) in [7, 11) is 1.57. The summed E-state index contributed by atoms with van der Waals surface area (Å²) in [5.41, 5.74) is 3.74. The predicted octanol–water partition coefficient (Wildman–Crippen LogP) is 3.67. The van der Waals surface area contributed by atoms with Crippen molar-refractivity contribution in [1.29, 1.82) is 0 Å². The molecule has 0 saturated carbocycles. The molecule has 0 aliphatic rings. The monoisotopic (exact) mass is 462 g/mol. The second-order valence-electron chi connectivity index (χ2n) is 7.29. The van der Waals surface area contributed by atoms with Gasteiger partial charge < -0.3 is 19.6 Å². The number of hydrogen-bond acceptors (Lipinski definition) is 6. The van der Waals surface area contributed by atoms with Gasteiger partial charge in [-0.25, -0.2) is 9.78 Å². The summed E-state index contributed by atoms with van der Waals surface area (Å²) < 4.78 is 11.1. The number of carboxylic acids is 1. The summed E-state index contributed by atoms with van der Waals surface area (Å²) in [6.45, 7) is 1.96. The van der Waals surface area contributed by atoms with Gasteiger partial charge in [-0.15, -0.1) is 0 Å². The number of benzene rings is 2. The quantitative estimate of drug-likeness (QED) is 0.443. The van der Waals surface area contributed by atoms with Gasteiger partial charge in [0.25, 0.3) is 5.91 Å². The second-order valence-corrected chi connectivity index (χ2v) is 8.27. The number of ether oxygens (including phenoxy) is 1. The van der Waals surface area contributed by atoms with E-state index >= 15 is 0 Å². The summed E-state index contributed by atoms with van der Waals surface area (Å²) >= 11 is 1.54. The van der Waals surface area contributed by atoms with E-state index in [1.165, 1.54) is 18.2 Å². The Bertz CT molecular complexity index is 1070. The van der Waals surface area contributed by atoms with Gasteiger partial charge in [0.05, 0.1) is 6.20 Å². The zero-order valence-electron chi connectivity index (χ0n) is 18.2. The van der Waals surface area contributed by atoms with E-state index in [-0.39, 0.29) is 18.9 Å². The molecule has 2 aromatic carbocycles. The predicted molar refractivity (Wildman–Crippen MR) is 131 cm³/mol. The second kappa shape index (κ2) is 12.7. The van der Waals surface area contributed by atoms with Crippen molar-refractivity contribution in [3.8, 4) is 11.1 Å². The summed E-state index contributed by atoms with van der Waals surface area (Å²) in [6.07, 6.45) is 4.68. The van der Waals surface area contributed by atoms with Crippen LogP contribution in [0.1, 0.15) is 39.8 Å². The van der Waals surface area contributed by atoms with E-state index in [0.717, 1.165) is 16.7 Å². The molecule has 0 saturated heterocycles. The Hall–Kier alpha value is -2.50. The first-order valence-electron chi connectivity index (χ1n) is 10.1. The molecule has 170 valence electrons. The summed E-state index contributed by atoms with van der Waals surface area (Å²) in [5, 5.41) is 12.2. The van der Waals surface area contributed by atoms with Gasteiger partial charge >= 0.3 is 24.8 Å². The zero-order chi connectivity index (χ0) is 23.1. The first kappa shape index (κ1) is 26.7. The molecule has 2 unspecified atom stereocenters. The molecule has 9 heteroatoms. The number of nitrogens with zero attached hydrogens (tertiary/aromatic N) is 1. The van der Waals surface area contributed by atoms with Crippen molar-refractivity contribution in [2.75, 3.05) is 19.1 Å². The van der Waals surface area contributed by atoms with Gasteiger partial charge in [0.1, 0.15) is 12.1 Å². The molecule has 0 aliphatic carbocycles. The number of amides is 1. The van der Waals surface area contributed by atoms with Crippen molar-refractivity contribution < 1.29 is 23.8 Å². The molecule has 2 atom stereocenters. The molecule has 0 fully saturated rings. The minimum absolute atomic E-state index is 0. The van der Waals surface area contributed by atoms with Crippen molar-refractivity contribution in [3.05, 3.63) is 77.5 Å². The van der Waals surface area contributed by atoms with Gasteiger partial charge in [0.15, 0.2) is 12.2 Å². The van der Waals surface area contributed by atoms with Crippen molar-refractivity contribution >= 4 is 42.5 Å². The molecule has 7 nitrogen and oxygen atoms in total. The molecule has 1 aromatic heterocycles. The number of thioether (sulfide) groups is 1. The van der Waals surface area contributed by atoms with Gasteiger partial charge in [-0.2, -0.15) is 11.8 Å². The van der Waals surface area contributed by atoms with Crippen LogP contribution in [-0.4, -0.2) is 66.0 Å². The van der Waals surface area contributed by atoms with Crippen LogP contribution in [0.5, 0.6) is 0 Å². The van der Waals surface area contributed by atoms with Crippen LogP contribution in [0.15, 0.2) is 59.5 Å². The third-order valence-corrected chi connectivity index (χ3v) is 5.83. The van der Waals surface area contributed by atoms with Crippen molar-refractivity contribution in [2.24, 2.45) is 0 Å². The number of oxazole rings is 1. The van der Waals surface area contributed by atoms with E-state index in [1.807, 2.05) is 43.5 Å². The zero-order valence-corrected chi connectivity index (χ0v) is 19.0. The number of methoxy groups -OCH3 is 1. The number of aliphatic carboxylic acids is 1. The Balaban J connectivity index is 0.00000385. The van der Waals surface area contributed by atoms with Crippen molar-refractivity contribution in [3.63, 3.8) is 0 Å². The molecule has 0 spiro atoms. The van der Waals surface area contributed by atoms with E-state index < -0.39 is 24.0 Å². The number of aromatic nitrogens is 1. The van der Waals surface area contributed by atoms with Crippen LogP contribution in [0.3, 0.4) is 0 Å². The number of hydrogen-bond donors (Lipinski definition) is 2. The van der Waals surface area contributed by atoms with Crippen LogP contribution in [0.2, 0.25) is 0 Å². The van der Waals surface area contributed by atoms with Crippen LogP contribution in [0, 0.1) is 6.92 Å². The van der Waals surface area contributed by atoms with E-state index in [0.29, 0.717) is 29.1 Å². The molecular weight excluding hydrogens is 435 g/mol. The normalized spacial score (nSPS) is 12.5. The van der Waals surface area contributed by atoms with Gasteiger partial charge in [0.2, 0.25) is 0 Å². The van der Waals surface area contributed by atoms with Crippen LogP contribution in [0.4, 0.5) is 0 Å². The summed E-state index contributed by atoms with van der Waals surface area (Å²) in [5.74, 6) is -0.306. The molecule has 2 N–H and O–H groups in total. The molecular formula is C24H27LiN2O5S. The first-order chi connectivity index (χ1) is 15.5. The Kier molecular flexibility index (Phi) is 10.3. The van der Waals surface area contributed by atoms with Gasteiger partial charge in [0, 0.05) is 12.7 Å². The van der Waals surface area contributed by atoms with Crippen molar-refractivity contribution in [2.45, 2.75) is 25.5 Å². The molecule has 0 bridgehead atoms. The fourth-order valence-electron chi connectivity index (χ4n) is 3.52. The van der Waals surface area contributed by atoms with Crippen molar-refractivity contribution in [1.82, 2.24) is 10.3 Å². The van der Waals surface area contributed by atoms with Gasteiger partial charge in [-0.05, 0) is 59.7 Å². The number of carbonyl (C=O) groups excluding carboxylic acids is 1. The average molecular weight is 462 g/mol. The number of carboxylic acid groups (broad SMARTS) is 1. The molecule has 0 radical (unpaired) electrons. The topological polar surface area (TPSA) is 102 Å². The van der Waals surface area contributed by atoms with Crippen LogP contribution in [-0.2, 0) is 9.53 Å². The van der Waals surface area contributed by atoms with Gasteiger partial charge in [-0.3, -0.25) is 4.79 Å². The molecule has 33 heavy (non-hydrogen) atoms. The molecule has 1 heterocycles. The number of nitrogens with one attached hydrogen (secondary N) is 1. The number of aryl methyl sites for hydroxylation is 1. The number of carbonyl (C=O) groups is 2. The van der Waals surface area contributed by atoms with Crippen LogP contribution in [0.25, 0.3) is 11.1 Å². The Labute approximate surface area is 209 Å².